The van der Waals surface area contributed by atoms with Crippen molar-refractivity contribution in [3.63, 3.8) is 0 Å². The first-order valence-electron chi connectivity index (χ1n) is 9.19. The van der Waals surface area contributed by atoms with Crippen LogP contribution >= 0.6 is 0 Å². The minimum Gasteiger partial charge on any atom is -0.350 e. The Morgan fingerprint density at radius 3 is 2.92 bits per heavy atom. The van der Waals surface area contributed by atoms with Gasteiger partial charge >= 0.3 is 0 Å². The minimum atomic E-state index is -0.173. The molecule has 0 aliphatic carbocycles. The van der Waals surface area contributed by atoms with Gasteiger partial charge in [-0.15, -0.1) is 0 Å². The Kier molecular flexibility index (Phi) is 5.40. The summed E-state index contributed by atoms with van der Waals surface area (Å²) in [7, 11) is 0. The first-order chi connectivity index (χ1) is 12.5. The SMILES string of the molecule is CC[C@@H](C)CNC(=O)c1n[nH]c2c1CN(C(=O)c1cccc(C)c1)CC2. The van der Waals surface area contributed by atoms with Gasteiger partial charge < -0.3 is 10.2 Å². The molecule has 0 saturated heterocycles. The number of nitrogens with zero attached hydrogens (tertiary/aromatic N) is 2. The molecule has 2 amide bonds. The van der Waals surface area contributed by atoms with Crippen LogP contribution in [0, 0.1) is 12.8 Å². The van der Waals surface area contributed by atoms with Crippen molar-refractivity contribution in [2.45, 2.75) is 40.2 Å². The van der Waals surface area contributed by atoms with Crippen molar-refractivity contribution >= 4 is 11.8 Å². The summed E-state index contributed by atoms with van der Waals surface area (Å²) in [5.74, 6) is 0.243. The van der Waals surface area contributed by atoms with Gasteiger partial charge in [0.2, 0.25) is 0 Å². The van der Waals surface area contributed by atoms with Crippen LogP contribution in [0.3, 0.4) is 0 Å². The molecule has 1 aromatic carbocycles. The fourth-order valence-corrected chi connectivity index (χ4v) is 3.11. The van der Waals surface area contributed by atoms with Crippen LogP contribution in [0.1, 0.15) is 57.9 Å². The second kappa shape index (κ2) is 7.72. The van der Waals surface area contributed by atoms with E-state index in [4.69, 9.17) is 0 Å². The van der Waals surface area contributed by atoms with E-state index in [-0.39, 0.29) is 11.8 Å². The third-order valence-corrected chi connectivity index (χ3v) is 5.01. The fourth-order valence-electron chi connectivity index (χ4n) is 3.11. The van der Waals surface area contributed by atoms with Crippen molar-refractivity contribution in [2.75, 3.05) is 13.1 Å². The molecule has 26 heavy (non-hydrogen) atoms. The van der Waals surface area contributed by atoms with E-state index in [1.165, 1.54) is 0 Å². The molecule has 1 atom stereocenters. The molecule has 2 aromatic rings. The highest BCUT2D eigenvalue weighted by Gasteiger charge is 2.28. The van der Waals surface area contributed by atoms with E-state index in [9.17, 15) is 9.59 Å². The molecular weight excluding hydrogens is 328 g/mol. The number of H-pyrrole nitrogens is 1. The lowest BCUT2D eigenvalue weighted by Gasteiger charge is -2.27. The number of hydrogen-bond donors (Lipinski definition) is 2. The van der Waals surface area contributed by atoms with Crippen molar-refractivity contribution in [2.24, 2.45) is 5.92 Å². The number of benzene rings is 1. The maximum atomic E-state index is 12.8. The molecule has 0 radical (unpaired) electrons. The third-order valence-electron chi connectivity index (χ3n) is 5.01. The van der Waals surface area contributed by atoms with Crippen LogP contribution in [0.5, 0.6) is 0 Å². The van der Waals surface area contributed by atoms with Crippen molar-refractivity contribution in [3.8, 4) is 0 Å². The van der Waals surface area contributed by atoms with Gasteiger partial charge in [-0.3, -0.25) is 14.7 Å². The van der Waals surface area contributed by atoms with E-state index < -0.39 is 0 Å². The molecule has 0 spiro atoms. The summed E-state index contributed by atoms with van der Waals surface area (Å²) in [5.41, 5.74) is 3.93. The number of aromatic amines is 1. The number of carbonyl (C=O) groups excluding carboxylic acids is 2. The Labute approximate surface area is 154 Å². The topological polar surface area (TPSA) is 78.1 Å². The molecule has 6 nitrogen and oxygen atoms in total. The zero-order valence-corrected chi connectivity index (χ0v) is 15.6. The number of rotatable bonds is 5. The van der Waals surface area contributed by atoms with Crippen molar-refractivity contribution in [3.05, 3.63) is 52.3 Å². The number of aryl methyl sites for hydroxylation is 1. The zero-order chi connectivity index (χ0) is 18.7. The molecule has 0 saturated carbocycles. The van der Waals surface area contributed by atoms with Gasteiger partial charge in [-0.05, 0) is 25.0 Å². The second-order valence-corrected chi connectivity index (χ2v) is 7.10. The van der Waals surface area contributed by atoms with Crippen LogP contribution in [0.15, 0.2) is 24.3 Å². The molecule has 1 aromatic heterocycles. The Bertz CT molecular complexity index is 812. The molecule has 2 heterocycles. The number of nitrogens with one attached hydrogen (secondary N) is 2. The number of carbonyl (C=O) groups is 2. The summed E-state index contributed by atoms with van der Waals surface area (Å²) in [6.45, 7) is 7.83. The lowest BCUT2D eigenvalue weighted by atomic mass is 10.0. The summed E-state index contributed by atoms with van der Waals surface area (Å²) >= 11 is 0. The van der Waals surface area contributed by atoms with E-state index in [0.717, 1.165) is 23.2 Å². The normalized spacial score (nSPS) is 14.7. The molecule has 0 bridgehead atoms. The molecule has 0 fully saturated rings. The minimum absolute atomic E-state index is 0.00786. The lowest BCUT2D eigenvalue weighted by molar-refractivity contribution is 0.0731. The van der Waals surface area contributed by atoms with Gasteiger partial charge in [0, 0.05) is 36.3 Å². The van der Waals surface area contributed by atoms with Gasteiger partial charge in [-0.25, -0.2) is 0 Å². The average molecular weight is 354 g/mol. The Morgan fingerprint density at radius 1 is 1.38 bits per heavy atom. The van der Waals surface area contributed by atoms with Crippen LogP contribution < -0.4 is 5.32 Å². The molecule has 6 heteroatoms. The maximum Gasteiger partial charge on any atom is 0.272 e. The summed E-state index contributed by atoms with van der Waals surface area (Å²) in [5, 5.41) is 10.1. The number of aromatic nitrogens is 2. The fraction of sp³-hybridized carbons (Fsp3) is 0.450. The molecule has 2 N–H and O–H groups in total. The van der Waals surface area contributed by atoms with Gasteiger partial charge in [0.1, 0.15) is 0 Å². The van der Waals surface area contributed by atoms with E-state index in [1.54, 1.807) is 4.90 Å². The average Bonchev–Trinajstić information content (AvgIpc) is 3.08. The third kappa shape index (κ3) is 3.79. The summed E-state index contributed by atoms with van der Waals surface area (Å²) in [6.07, 6.45) is 1.69. The summed E-state index contributed by atoms with van der Waals surface area (Å²) < 4.78 is 0. The quantitative estimate of drug-likeness (QED) is 0.866. The largest absolute Gasteiger partial charge is 0.350 e. The highest BCUT2D eigenvalue weighted by Crippen LogP contribution is 2.22. The molecule has 1 aliphatic rings. The van der Waals surface area contributed by atoms with Crippen LogP contribution in [0.4, 0.5) is 0 Å². The van der Waals surface area contributed by atoms with Crippen molar-refractivity contribution in [1.29, 1.82) is 0 Å². The van der Waals surface area contributed by atoms with E-state index >= 15 is 0 Å². The lowest BCUT2D eigenvalue weighted by Crippen LogP contribution is -2.37. The predicted octanol–water partition coefficient (Wildman–Crippen LogP) is 2.69. The highest BCUT2D eigenvalue weighted by molar-refractivity contribution is 5.96. The number of hydrogen-bond acceptors (Lipinski definition) is 3. The van der Waals surface area contributed by atoms with Gasteiger partial charge in [0.05, 0.1) is 6.54 Å². The molecular formula is C20H26N4O2. The monoisotopic (exact) mass is 354 g/mol. The first kappa shape index (κ1) is 18.2. The predicted molar refractivity (Wildman–Crippen MR) is 100.0 cm³/mol. The zero-order valence-electron chi connectivity index (χ0n) is 15.6. The molecule has 3 rings (SSSR count). The number of fused-ring (bicyclic) bond motifs is 1. The highest BCUT2D eigenvalue weighted by atomic mass is 16.2. The van der Waals surface area contributed by atoms with Crippen LogP contribution in [0.25, 0.3) is 0 Å². The molecule has 138 valence electrons. The molecule has 0 unspecified atom stereocenters. The summed E-state index contributed by atoms with van der Waals surface area (Å²) in [4.78, 5) is 27.1. The smallest absolute Gasteiger partial charge is 0.272 e. The Morgan fingerprint density at radius 2 is 2.19 bits per heavy atom. The van der Waals surface area contributed by atoms with Crippen LogP contribution in [-0.4, -0.2) is 40.0 Å². The summed E-state index contributed by atoms with van der Waals surface area (Å²) in [6, 6.07) is 7.59. The van der Waals surface area contributed by atoms with Gasteiger partial charge in [0.15, 0.2) is 5.69 Å². The Balaban J connectivity index is 1.74. The van der Waals surface area contributed by atoms with Crippen molar-refractivity contribution < 1.29 is 9.59 Å². The first-order valence-corrected chi connectivity index (χ1v) is 9.19. The van der Waals surface area contributed by atoms with Crippen molar-refractivity contribution in [1.82, 2.24) is 20.4 Å². The van der Waals surface area contributed by atoms with E-state index in [0.29, 0.717) is 43.2 Å². The van der Waals surface area contributed by atoms with Gasteiger partial charge in [-0.2, -0.15) is 5.10 Å². The van der Waals surface area contributed by atoms with E-state index in [1.807, 2.05) is 31.2 Å². The second-order valence-electron chi connectivity index (χ2n) is 7.10. The number of amides is 2. The van der Waals surface area contributed by atoms with E-state index in [2.05, 4.69) is 29.4 Å². The Hall–Kier alpha value is -2.63. The van der Waals surface area contributed by atoms with Gasteiger partial charge in [0.25, 0.3) is 11.8 Å². The molecule has 1 aliphatic heterocycles. The maximum absolute atomic E-state index is 12.8. The van der Waals surface area contributed by atoms with Crippen LogP contribution in [-0.2, 0) is 13.0 Å². The van der Waals surface area contributed by atoms with Gasteiger partial charge in [-0.1, -0.05) is 38.0 Å². The van der Waals surface area contributed by atoms with Crippen LogP contribution in [0.2, 0.25) is 0 Å². The standard InChI is InChI=1S/C20H26N4O2/c1-4-13(2)11-21-19(25)18-16-12-24(9-8-17(16)22-23-18)20(26)15-7-5-6-14(3)10-15/h5-7,10,13H,4,8-9,11-12H2,1-3H3,(H,21,25)(H,22,23)/t13-/m1/s1.